The average Bonchev–Trinajstić information content (AvgIpc) is 2.77. The van der Waals surface area contributed by atoms with Gasteiger partial charge in [0.05, 0.1) is 0 Å². The summed E-state index contributed by atoms with van der Waals surface area (Å²) in [4.78, 5) is 8.60. The third kappa shape index (κ3) is 6.60. The Balaban J connectivity index is 1.49. The number of aromatic nitrogens is 1. The molecule has 2 aromatic carbocycles. The quantitative estimate of drug-likeness (QED) is 0.453. The van der Waals surface area contributed by atoms with Gasteiger partial charge in [0, 0.05) is 31.9 Å². The molecule has 0 saturated carbocycles. The minimum absolute atomic E-state index is 0.221. The van der Waals surface area contributed by atoms with Crippen molar-refractivity contribution in [3.8, 4) is 5.88 Å². The van der Waals surface area contributed by atoms with E-state index in [0.717, 1.165) is 23.1 Å². The first kappa shape index (κ1) is 20.3. The molecular weight excluding hydrogens is 367 g/mol. The average molecular weight is 392 g/mol. The molecule has 150 valence electrons. The Kier molecular flexibility index (Phi) is 7.57. The van der Waals surface area contributed by atoms with Crippen LogP contribution in [0.5, 0.6) is 5.88 Å². The molecule has 0 fully saturated rings. The third-order valence-corrected chi connectivity index (χ3v) is 4.36. The van der Waals surface area contributed by atoms with Gasteiger partial charge in [0.25, 0.3) is 0 Å². The van der Waals surface area contributed by atoms with Gasteiger partial charge in [0.1, 0.15) is 12.4 Å². The van der Waals surface area contributed by atoms with Gasteiger partial charge in [0.15, 0.2) is 5.96 Å². The van der Waals surface area contributed by atoms with Gasteiger partial charge in [0.2, 0.25) is 5.88 Å². The van der Waals surface area contributed by atoms with Crippen molar-refractivity contribution in [2.24, 2.45) is 4.99 Å². The summed E-state index contributed by atoms with van der Waals surface area (Å²) in [7, 11) is 1.73. The van der Waals surface area contributed by atoms with Crippen molar-refractivity contribution < 1.29 is 9.13 Å². The van der Waals surface area contributed by atoms with Crippen LogP contribution in [0.4, 0.5) is 4.39 Å². The van der Waals surface area contributed by atoms with Crippen molar-refractivity contribution in [1.29, 1.82) is 0 Å². The number of benzene rings is 2. The molecule has 5 nitrogen and oxygen atoms in total. The lowest BCUT2D eigenvalue weighted by Crippen LogP contribution is -2.38. The van der Waals surface area contributed by atoms with Crippen LogP contribution in [0.3, 0.4) is 0 Å². The van der Waals surface area contributed by atoms with Gasteiger partial charge in [-0.1, -0.05) is 48.5 Å². The summed E-state index contributed by atoms with van der Waals surface area (Å²) in [6, 6.07) is 20.4. The number of hydrogen-bond donors (Lipinski definition) is 2. The molecule has 6 heteroatoms. The predicted molar refractivity (Wildman–Crippen MR) is 113 cm³/mol. The van der Waals surface area contributed by atoms with E-state index in [1.807, 2.05) is 42.5 Å². The summed E-state index contributed by atoms with van der Waals surface area (Å²) in [5, 5.41) is 6.54. The molecule has 3 rings (SSSR count). The van der Waals surface area contributed by atoms with Crippen LogP contribution in [0.15, 0.2) is 77.9 Å². The number of hydrogen-bond acceptors (Lipinski definition) is 3. The van der Waals surface area contributed by atoms with E-state index in [1.54, 1.807) is 25.4 Å². The molecule has 0 aliphatic rings. The molecule has 0 amide bonds. The molecule has 0 saturated heterocycles. The summed E-state index contributed by atoms with van der Waals surface area (Å²) in [6.07, 6.45) is 2.50. The van der Waals surface area contributed by atoms with Crippen molar-refractivity contribution in [1.82, 2.24) is 15.6 Å². The summed E-state index contributed by atoms with van der Waals surface area (Å²) in [5.41, 5.74) is 3.11. The fourth-order valence-electron chi connectivity index (χ4n) is 2.79. The number of halogens is 1. The first-order chi connectivity index (χ1) is 14.2. The number of ether oxygens (including phenoxy) is 1. The van der Waals surface area contributed by atoms with Crippen molar-refractivity contribution in [2.75, 3.05) is 13.6 Å². The number of nitrogens with zero attached hydrogens (tertiary/aromatic N) is 2. The molecule has 29 heavy (non-hydrogen) atoms. The zero-order valence-corrected chi connectivity index (χ0v) is 16.4. The van der Waals surface area contributed by atoms with Crippen molar-refractivity contribution in [3.05, 3.63) is 95.4 Å². The van der Waals surface area contributed by atoms with Crippen LogP contribution in [-0.2, 0) is 19.6 Å². The highest BCUT2D eigenvalue weighted by atomic mass is 19.1. The molecule has 1 aromatic heterocycles. The molecule has 0 aliphatic carbocycles. The van der Waals surface area contributed by atoms with Crippen LogP contribution < -0.4 is 15.4 Å². The molecule has 0 aliphatic heterocycles. The van der Waals surface area contributed by atoms with Gasteiger partial charge in [-0.15, -0.1) is 0 Å². The molecular formula is C23H25FN4O. The Morgan fingerprint density at radius 3 is 2.52 bits per heavy atom. The molecule has 0 spiro atoms. The Hall–Kier alpha value is -3.41. The molecule has 3 aromatic rings. The second-order valence-electron chi connectivity index (χ2n) is 6.47. The maximum absolute atomic E-state index is 13.0. The molecule has 0 atom stereocenters. The van der Waals surface area contributed by atoms with E-state index in [-0.39, 0.29) is 5.82 Å². The number of pyridine rings is 1. The van der Waals surface area contributed by atoms with Crippen molar-refractivity contribution in [2.45, 2.75) is 19.6 Å². The Morgan fingerprint density at radius 2 is 1.76 bits per heavy atom. The molecule has 0 unspecified atom stereocenters. The number of guanidine groups is 1. The van der Waals surface area contributed by atoms with E-state index < -0.39 is 0 Å². The summed E-state index contributed by atoms with van der Waals surface area (Å²) >= 11 is 0. The maximum Gasteiger partial charge on any atom is 0.218 e. The first-order valence-electron chi connectivity index (χ1n) is 9.54. The predicted octanol–water partition coefficient (Wildman–Crippen LogP) is 3.71. The van der Waals surface area contributed by atoms with E-state index >= 15 is 0 Å². The van der Waals surface area contributed by atoms with Crippen molar-refractivity contribution >= 4 is 5.96 Å². The highest BCUT2D eigenvalue weighted by Gasteiger charge is 2.06. The van der Waals surface area contributed by atoms with Gasteiger partial charge in [-0.05, 0) is 35.7 Å². The summed E-state index contributed by atoms with van der Waals surface area (Å²) < 4.78 is 18.9. The Labute approximate surface area is 170 Å². The fraction of sp³-hybridized carbons (Fsp3) is 0.217. The highest BCUT2D eigenvalue weighted by Crippen LogP contribution is 2.15. The molecule has 1 heterocycles. The van der Waals surface area contributed by atoms with Gasteiger partial charge in [-0.3, -0.25) is 4.99 Å². The van der Waals surface area contributed by atoms with Crippen LogP contribution in [0.1, 0.15) is 16.7 Å². The van der Waals surface area contributed by atoms with E-state index in [0.29, 0.717) is 31.5 Å². The lowest BCUT2D eigenvalue weighted by atomic mass is 10.1. The first-order valence-corrected chi connectivity index (χ1v) is 9.54. The topological polar surface area (TPSA) is 58.5 Å². The maximum atomic E-state index is 13.0. The minimum atomic E-state index is -0.221. The smallest absolute Gasteiger partial charge is 0.218 e. The second kappa shape index (κ2) is 10.8. The van der Waals surface area contributed by atoms with Crippen LogP contribution in [0, 0.1) is 5.82 Å². The standard InChI is InChI=1S/C23H25FN4O/c1-25-23(27-15-13-18-9-11-21(24)12-10-18)28-16-20-8-5-14-26-22(20)29-17-19-6-3-2-4-7-19/h2-12,14H,13,15-17H2,1H3,(H2,25,27,28). The summed E-state index contributed by atoms with van der Waals surface area (Å²) in [5.74, 6) is 1.07. The molecule has 0 bridgehead atoms. The highest BCUT2D eigenvalue weighted by molar-refractivity contribution is 5.79. The number of aliphatic imine (C=N–C) groups is 1. The third-order valence-electron chi connectivity index (χ3n) is 4.36. The SMILES string of the molecule is CN=C(NCCc1ccc(F)cc1)NCc1cccnc1OCc1ccccc1. The van der Waals surface area contributed by atoms with E-state index in [9.17, 15) is 4.39 Å². The van der Waals surface area contributed by atoms with Crippen LogP contribution in [0.25, 0.3) is 0 Å². The molecule has 2 N–H and O–H groups in total. The van der Waals surface area contributed by atoms with E-state index in [2.05, 4.69) is 20.6 Å². The van der Waals surface area contributed by atoms with Gasteiger partial charge in [-0.2, -0.15) is 0 Å². The normalized spacial score (nSPS) is 11.2. The van der Waals surface area contributed by atoms with E-state index in [4.69, 9.17) is 4.74 Å². The molecule has 0 radical (unpaired) electrons. The lowest BCUT2D eigenvalue weighted by Gasteiger charge is -2.14. The van der Waals surface area contributed by atoms with Gasteiger partial charge < -0.3 is 15.4 Å². The van der Waals surface area contributed by atoms with Gasteiger partial charge in [-0.25, -0.2) is 9.37 Å². The van der Waals surface area contributed by atoms with Crippen molar-refractivity contribution in [3.63, 3.8) is 0 Å². The minimum Gasteiger partial charge on any atom is -0.473 e. The number of nitrogens with one attached hydrogen (secondary N) is 2. The number of rotatable bonds is 8. The van der Waals surface area contributed by atoms with E-state index in [1.165, 1.54) is 12.1 Å². The largest absolute Gasteiger partial charge is 0.473 e. The second-order valence-corrected chi connectivity index (χ2v) is 6.47. The Morgan fingerprint density at radius 1 is 0.966 bits per heavy atom. The zero-order chi connectivity index (χ0) is 20.3. The van der Waals surface area contributed by atoms with Crippen LogP contribution in [-0.4, -0.2) is 24.5 Å². The fourth-order valence-corrected chi connectivity index (χ4v) is 2.79. The monoisotopic (exact) mass is 392 g/mol. The Bertz CT molecular complexity index is 914. The lowest BCUT2D eigenvalue weighted by molar-refractivity contribution is 0.290. The van der Waals surface area contributed by atoms with Gasteiger partial charge >= 0.3 is 0 Å². The van der Waals surface area contributed by atoms with Crippen LogP contribution in [0.2, 0.25) is 0 Å². The zero-order valence-electron chi connectivity index (χ0n) is 16.4. The van der Waals surface area contributed by atoms with Crippen LogP contribution >= 0.6 is 0 Å². The summed E-state index contributed by atoms with van der Waals surface area (Å²) in [6.45, 7) is 1.69.